The van der Waals surface area contributed by atoms with E-state index in [9.17, 15) is 0 Å². The van der Waals surface area contributed by atoms with E-state index in [1.165, 1.54) is 32.0 Å². The molecule has 0 aromatic carbocycles. The van der Waals surface area contributed by atoms with Crippen molar-refractivity contribution in [3.8, 4) is 0 Å². The number of nitrogens with two attached hydrogens (primary N) is 1. The standard InChI is InChI=1S/C12H19N5/c1-2-3-4-5-6-7-17-9-16-10-11(13)14-8-15-12(10)17/h8-9H,2-7H2,1H3,(H2,13,14,15). The van der Waals surface area contributed by atoms with Crippen LogP contribution in [0.3, 0.4) is 0 Å². The minimum absolute atomic E-state index is 0.458. The van der Waals surface area contributed by atoms with Gasteiger partial charge in [-0.05, 0) is 6.42 Å². The van der Waals surface area contributed by atoms with Crippen LogP contribution in [0.2, 0.25) is 0 Å². The van der Waals surface area contributed by atoms with E-state index in [-0.39, 0.29) is 0 Å². The molecule has 0 aliphatic carbocycles. The molecule has 2 rings (SSSR count). The molecule has 0 saturated carbocycles. The van der Waals surface area contributed by atoms with E-state index in [4.69, 9.17) is 5.73 Å². The summed E-state index contributed by atoms with van der Waals surface area (Å²) in [5.41, 5.74) is 7.29. The van der Waals surface area contributed by atoms with Crippen molar-refractivity contribution in [1.29, 1.82) is 0 Å². The maximum atomic E-state index is 5.74. The summed E-state index contributed by atoms with van der Waals surface area (Å²) in [5, 5.41) is 0. The predicted molar refractivity (Wildman–Crippen MR) is 68.5 cm³/mol. The highest BCUT2D eigenvalue weighted by Gasteiger charge is 2.06. The van der Waals surface area contributed by atoms with Crippen LogP contribution in [-0.4, -0.2) is 19.5 Å². The van der Waals surface area contributed by atoms with Crippen LogP contribution in [0, 0.1) is 0 Å². The van der Waals surface area contributed by atoms with Crippen LogP contribution in [-0.2, 0) is 6.54 Å². The highest BCUT2D eigenvalue weighted by atomic mass is 15.1. The van der Waals surface area contributed by atoms with Crippen molar-refractivity contribution in [2.45, 2.75) is 45.6 Å². The lowest BCUT2D eigenvalue weighted by molar-refractivity contribution is 0.573. The van der Waals surface area contributed by atoms with E-state index < -0.39 is 0 Å². The number of hydrogen-bond donors (Lipinski definition) is 1. The molecule has 0 unspecified atom stereocenters. The number of unbranched alkanes of at least 4 members (excludes halogenated alkanes) is 4. The highest BCUT2D eigenvalue weighted by Crippen LogP contribution is 2.15. The zero-order chi connectivity index (χ0) is 12.1. The van der Waals surface area contributed by atoms with Crippen molar-refractivity contribution < 1.29 is 0 Å². The topological polar surface area (TPSA) is 69.6 Å². The average molecular weight is 233 g/mol. The van der Waals surface area contributed by atoms with Gasteiger partial charge >= 0.3 is 0 Å². The van der Waals surface area contributed by atoms with Gasteiger partial charge in [0.2, 0.25) is 0 Å². The maximum Gasteiger partial charge on any atom is 0.165 e. The normalized spacial score (nSPS) is 11.1. The molecule has 5 heteroatoms. The van der Waals surface area contributed by atoms with Crippen LogP contribution >= 0.6 is 0 Å². The Morgan fingerprint density at radius 1 is 1.12 bits per heavy atom. The van der Waals surface area contributed by atoms with Crippen molar-refractivity contribution in [2.24, 2.45) is 0 Å². The number of aromatic nitrogens is 4. The fraction of sp³-hybridized carbons (Fsp3) is 0.583. The summed E-state index contributed by atoms with van der Waals surface area (Å²) in [6.45, 7) is 3.18. The SMILES string of the molecule is CCCCCCCn1cnc2c(N)ncnc21. The van der Waals surface area contributed by atoms with Crippen molar-refractivity contribution in [2.75, 3.05) is 5.73 Å². The molecule has 0 bridgehead atoms. The van der Waals surface area contributed by atoms with Crippen LogP contribution in [0.1, 0.15) is 39.0 Å². The zero-order valence-electron chi connectivity index (χ0n) is 10.3. The van der Waals surface area contributed by atoms with E-state index >= 15 is 0 Å². The van der Waals surface area contributed by atoms with Gasteiger partial charge in [-0.1, -0.05) is 32.6 Å². The molecule has 2 aromatic rings. The second-order valence-electron chi connectivity index (χ2n) is 4.28. The van der Waals surface area contributed by atoms with Crippen molar-refractivity contribution in [3.63, 3.8) is 0 Å². The molecule has 0 saturated heterocycles. The molecular weight excluding hydrogens is 214 g/mol. The summed E-state index contributed by atoms with van der Waals surface area (Å²) in [4.78, 5) is 12.4. The third-order valence-electron chi connectivity index (χ3n) is 2.93. The Kier molecular flexibility index (Phi) is 3.90. The Hall–Kier alpha value is -1.65. The summed E-state index contributed by atoms with van der Waals surface area (Å²) >= 11 is 0. The Labute approximate surface area is 101 Å². The monoisotopic (exact) mass is 233 g/mol. The number of rotatable bonds is 6. The number of aryl methyl sites for hydroxylation is 1. The van der Waals surface area contributed by atoms with Crippen LogP contribution in [0.4, 0.5) is 5.82 Å². The van der Waals surface area contributed by atoms with Gasteiger partial charge in [0.1, 0.15) is 11.8 Å². The molecule has 0 aliphatic rings. The Morgan fingerprint density at radius 2 is 1.94 bits per heavy atom. The Balaban J connectivity index is 1.97. The Morgan fingerprint density at radius 3 is 2.76 bits per heavy atom. The first-order valence-corrected chi connectivity index (χ1v) is 6.24. The number of hydrogen-bond acceptors (Lipinski definition) is 4. The number of fused-ring (bicyclic) bond motifs is 1. The third kappa shape index (κ3) is 2.72. The molecule has 17 heavy (non-hydrogen) atoms. The van der Waals surface area contributed by atoms with Crippen molar-refractivity contribution >= 4 is 17.0 Å². The molecule has 2 aromatic heterocycles. The summed E-state index contributed by atoms with van der Waals surface area (Å²) in [5.74, 6) is 0.458. The lowest BCUT2D eigenvalue weighted by Crippen LogP contribution is -1.99. The molecule has 92 valence electrons. The lowest BCUT2D eigenvalue weighted by Gasteiger charge is -2.03. The summed E-state index contributed by atoms with van der Waals surface area (Å²) in [7, 11) is 0. The maximum absolute atomic E-state index is 5.74. The van der Waals surface area contributed by atoms with E-state index in [1.54, 1.807) is 6.33 Å². The van der Waals surface area contributed by atoms with Crippen molar-refractivity contribution in [1.82, 2.24) is 19.5 Å². The molecule has 2 heterocycles. The molecule has 0 spiro atoms. The smallest absolute Gasteiger partial charge is 0.165 e. The predicted octanol–water partition coefficient (Wildman–Crippen LogP) is 2.38. The van der Waals surface area contributed by atoms with Gasteiger partial charge in [0.05, 0.1) is 6.33 Å². The second kappa shape index (κ2) is 5.61. The molecular formula is C12H19N5. The zero-order valence-corrected chi connectivity index (χ0v) is 10.3. The number of nitrogen functional groups attached to an aromatic ring is 1. The fourth-order valence-electron chi connectivity index (χ4n) is 1.95. The minimum atomic E-state index is 0.458. The van der Waals surface area contributed by atoms with Gasteiger partial charge in [0.15, 0.2) is 11.5 Å². The second-order valence-corrected chi connectivity index (χ2v) is 4.28. The first kappa shape index (κ1) is 11.8. The quantitative estimate of drug-likeness (QED) is 0.778. The molecule has 0 aliphatic heterocycles. The third-order valence-corrected chi connectivity index (χ3v) is 2.93. The molecule has 0 atom stereocenters. The number of nitrogens with zero attached hydrogens (tertiary/aromatic N) is 4. The number of imidazole rings is 1. The average Bonchev–Trinajstić information content (AvgIpc) is 2.74. The van der Waals surface area contributed by atoms with Gasteiger partial charge in [-0.2, -0.15) is 0 Å². The van der Waals surface area contributed by atoms with E-state index in [0.29, 0.717) is 11.3 Å². The van der Waals surface area contributed by atoms with Crippen LogP contribution in [0.25, 0.3) is 11.2 Å². The molecule has 2 N–H and O–H groups in total. The Bertz CT molecular complexity index is 477. The summed E-state index contributed by atoms with van der Waals surface area (Å²) in [6, 6.07) is 0. The van der Waals surface area contributed by atoms with E-state index in [2.05, 4.69) is 26.4 Å². The molecule has 0 amide bonds. The summed E-state index contributed by atoms with van der Waals surface area (Å²) < 4.78 is 2.05. The fourth-order valence-corrected chi connectivity index (χ4v) is 1.95. The van der Waals surface area contributed by atoms with Gasteiger partial charge in [0.25, 0.3) is 0 Å². The van der Waals surface area contributed by atoms with Gasteiger partial charge in [0, 0.05) is 6.54 Å². The van der Waals surface area contributed by atoms with Gasteiger partial charge < -0.3 is 10.3 Å². The van der Waals surface area contributed by atoms with E-state index in [0.717, 1.165) is 18.6 Å². The van der Waals surface area contributed by atoms with Gasteiger partial charge in [-0.3, -0.25) is 0 Å². The van der Waals surface area contributed by atoms with Gasteiger partial charge in [-0.15, -0.1) is 0 Å². The number of anilines is 1. The first-order chi connectivity index (χ1) is 8.33. The van der Waals surface area contributed by atoms with Crippen LogP contribution < -0.4 is 5.73 Å². The first-order valence-electron chi connectivity index (χ1n) is 6.24. The lowest BCUT2D eigenvalue weighted by atomic mass is 10.1. The van der Waals surface area contributed by atoms with Crippen molar-refractivity contribution in [3.05, 3.63) is 12.7 Å². The summed E-state index contributed by atoms with van der Waals surface area (Å²) in [6.07, 6.45) is 9.61. The van der Waals surface area contributed by atoms with E-state index in [1.807, 2.05) is 0 Å². The van der Waals surface area contributed by atoms with Gasteiger partial charge in [-0.25, -0.2) is 15.0 Å². The van der Waals surface area contributed by atoms with Crippen LogP contribution in [0.5, 0.6) is 0 Å². The largest absolute Gasteiger partial charge is 0.382 e. The molecule has 0 radical (unpaired) electrons. The highest BCUT2D eigenvalue weighted by molar-refractivity contribution is 5.80. The minimum Gasteiger partial charge on any atom is -0.382 e. The van der Waals surface area contributed by atoms with Crippen LogP contribution in [0.15, 0.2) is 12.7 Å². The molecule has 0 fully saturated rings. The molecule has 5 nitrogen and oxygen atoms in total.